The zero-order valence-corrected chi connectivity index (χ0v) is 12.2. The summed E-state index contributed by atoms with van der Waals surface area (Å²) in [7, 11) is 0. The minimum atomic E-state index is -0.754. The lowest BCUT2D eigenvalue weighted by Gasteiger charge is -2.22. The highest BCUT2D eigenvalue weighted by molar-refractivity contribution is 5.20. The summed E-state index contributed by atoms with van der Waals surface area (Å²) in [6.07, 6.45) is 3.69. The molecule has 0 heterocycles. The Morgan fingerprint density at radius 3 is 2.58 bits per heavy atom. The van der Waals surface area contributed by atoms with Gasteiger partial charge in [0.1, 0.15) is 0 Å². The smallest absolute Gasteiger partial charge is 0.162 e. The van der Waals surface area contributed by atoms with Crippen molar-refractivity contribution in [2.75, 3.05) is 6.54 Å². The van der Waals surface area contributed by atoms with Crippen molar-refractivity contribution in [2.45, 2.75) is 52.5 Å². The molecule has 0 spiro atoms. The number of nitrogens with one attached hydrogen (secondary N) is 1. The molecule has 0 bridgehead atoms. The lowest BCUT2D eigenvalue weighted by atomic mass is 9.94. The van der Waals surface area contributed by atoms with Crippen LogP contribution in [0.15, 0.2) is 18.2 Å². The van der Waals surface area contributed by atoms with Crippen LogP contribution in [-0.2, 0) is 6.42 Å². The van der Waals surface area contributed by atoms with Crippen molar-refractivity contribution in [1.29, 1.82) is 0 Å². The van der Waals surface area contributed by atoms with Crippen LogP contribution >= 0.6 is 0 Å². The van der Waals surface area contributed by atoms with Gasteiger partial charge in [-0.25, -0.2) is 8.78 Å². The molecule has 2 atom stereocenters. The monoisotopic (exact) mass is 269 g/mol. The summed E-state index contributed by atoms with van der Waals surface area (Å²) in [5, 5.41) is 3.44. The maximum absolute atomic E-state index is 13.7. The van der Waals surface area contributed by atoms with Gasteiger partial charge in [0.25, 0.3) is 0 Å². The number of benzene rings is 1. The van der Waals surface area contributed by atoms with E-state index in [0.717, 1.165) is 25.8 Å². The van der Waals surface area contributed by atoms with E-state index < -0.39 is 11.6 Å². The SMILES string of the molecule is CCCNC(Cc1cccc(F)c1F)CC(C)CC. The molecule has 2 unspecified atom stereocenters. The molecular weight excluding hydrogens is 244 g/mol. The Morgan fingerprint density at radius 1 is 1.21 bits per heavy atom. The molecule has 1 nitrogen and oxygen atoms in total. The lowest BCUT2D eigenvalue weighted by molar-refractivity contribution is 0.385. The van der Waals surface area contributed by atoms with E-state index in [0.29, 0.717) is 17.9 Å². The Hall–Kier alpha value is -0.960. The summed E-state index contributed by atoms with van der Waals surface area (Å²) in [6, 6.07) is 4.64. The van der Waals surface area contributed by atoms with E-state index in [1.165, 1.54) is 6.07 Å². The first-order valence-electron chi connectivity index (χ1n) is 7.24. The van der Waals surface area contributed by atoms with Gasteiger partial charge in [0.05, 0.1) is 0 Å². The second-order valence-electron chi connectivity index (χ2n) is 5.32. The van der Waals surface area contributed by atoms with Gasteiger partial charge < -0.3 is 5.32 Å². The fourth-order valence-electron chi connectivity index (χ4n) is 2.21. The molecule has 1 aromatic carbocycles. The first kappa shape index (κ1) is 16.1. The average molecular weight is 269 g/mol. The van der Waals surface area contributed by atoms with Crippen molar-refractivity contribution in [2.24, 2.45) is 5.92 Å². The zero-order valence-electron chi connectivity index (χ0n) is 12.2. The average Bonchev–Trinajstić information content (AvgIpc) is 2.41. The van der Waals surface area contributed by atoms with E-state index in [2.05, 4.69) is 26.1 Å². The van der Waals surface area contributed by atoms with Crippen molar-refractivity contribution in [3.63, 3.8) is 0 Å². The van der Waals surface area contributed by atoms with Crippen LogP contribution in [0.4, 0.5) is 8.78 Å². The number of halogens is 2. The molecule has 0 radical (unpaired) electrons. The molecule has 0 saturated carbocycles. The molecule has 19 heavy (non-hydrogen) atoms. The largest absolute Gasteiger partial charge is 0.314 e. The molecule has 1 aromatic rings. The first-order valence-corrected chi connectivity index (χ1v) is 7.24. The van der Waals surface area contributed by atoms with Crippen LogP contribution in [0.2, 0.25) is 0 Å². The van der Waals surface area contributed by atoms with Crippen LogP contribution in [0.5, 0.6) is 0 Å². The van der Waals surface area contributed by atoms with Gasteiger partial charge in [-0.3, -0.25) is 0 Å². The Labute approximate surface area is 115 Å². The van der Waals surface area contributed by atoms with Gasteiger partial charge in [0.2, 0.25) is 0 Å². The van der Waals surface area contributed by atoms with Crippen molar-refractivity contribution < 1.29 is 8.78 Å². The van der Waals surface area contributed by atoms with Crippen molar-refractivity contribution in [1.82, 2.24) is 5.32 Å². The molecule has 0 amide bonds. The molecule has 0 fully saturated rings. The first-order chi connectivity index (χ1) is 9.08. The minimum Gasteiger partial charge on any atom is -0.314 e. The topological polar surface area (TPSA) is 12.0 Å². The van der Waals surface area contributed by atoms with Gasteiger partial charge in [-0.1, -0.05) is 39.3 Å². The van der Waals surface area contributed by atoms with Gasteiger partial charge in [-0.05, 0) is 43.4 Å². The summed E-state index contributed by atoms with van der Waals surface area (Å²) in [4.78, 5) is 0. The Balaban J connectivity index is 2.72. The van der Waals surface area contributed by atoms with Crippen LogP contribution in [0, 0.1) is 17.6 Å². The number of rotatable bonds is 8. The van der Waals surface area contributed by atoms with E-state index >= 15 is 0 Å². The summed E-state index contributed by atoms with van der Waals surface area (Å²) >= 11 is 0. The van der Waals surface area contributed by atoms with Gasteiger partial charge in [0, 0.05) is 6.04 Å². The van der Waals surface area contributed by atoms with Gasteiger partial charge in [0.15, 0.2) is 11.6 Å². The molecule has 0 aromatic heterocycles. The highest BCUT2D eigenvalue weighted by atomic mass is 19.2. The van der Waals surface area contributed by atoms with Crippen LogP contribution in [0.25, 0.3) is 0 Å². The quantitative estimate of drug-likeness (QED) is 0.741. The molecule has 0 aliphatic heterocycles. The standard InChI is InChI=1S/C16H25F2N/c1-4-9-19-14(10-12(3)5-2)11-13-7-6-8-15(17)16(13)18/h6-8,12,14,19H,4-5,9-11H2,1-3H3. The van der Waals surface area contributed by atoms with Gasteiger partial charge >= 0.3 is 0 Å². The van der Waals surface area contributed by atoms with Crippen molar-refractivity contribution >= 4 is 0 Å². The van der Waals surface area contributed by atoms with E-state index in [1.807, 2.05) is 0 Å². The fourth-order valence-corrected chi connectivity index (χ4v) is 2.21. The molecular formula is C16H25F2N. The summed E-state index contributed by atoms with van der Waals surface area (Å²) in [5.74, 6) is -0.865. The summed E-state index contributed by atoms with van der Waals surface area (Å²) < 4.78 is 26.9. The van der Waals surface area contributed by atoms with Crippen molar-refractivity contribution in [3.05, 3.63) is 35.4 Å². The minimum absolute atomic E-state index is 0.214. The van der Waals surface area contributed by atoms with Crippen LogP contribution in [0.3, 0.4) is 0 Å². The summed E-state index contributed by atoms with van der Waals surface area (Å²) in [5.41, 5.74) is 0.469. The van der Waals surface area contributed by atoms with Gasteiger partial charge in [-0.15, -0.1) is 0 Å². The van der Waals surface area contributed by atoms with Crippen LogP contribution < -0.4 is 5.32 Å². The highest BCUT2D eigenvalue weighted by Crippen LogP contribution is 2.17. The second-order valence-corrected chi connectivity index (χ2v) is 5.32. The van der Waals surface area contributed by atoms with Crippen molar-refractivity contribution in [3.8, 4) is 0 Å². The van der Waals surface area contributed by atoms with Crippen LogP contribution in [-0.4, -0.2) is 12.6 Å². The van der Waals surface area contributed by atoms with E-state index in [9.17, 15) is 8.78 Å². The maximum atomic E-state index is 13.7. The third-order valence-electron chi connectivity index (χ3n) is 3.56. The zero-order chi connectivity index (χ0) is 14.3. The Kier molecular flexibility index (Phi) is 7.00. The molecule has 108 valence electrons. The normalized spacial score (nSPS) is 14.4. The second kappa shape index (κ2) is 8.26. The highest BCUT2D eigenvalue weighted by Gasteiger charge is 2.16. The van der Waals surface area contributed by atoms with Crippen LogP contribution in [0.1, 0.15) is 45.6 Å². The number of hydrogen-bond donors (Lipinski definition) is 1. The molecule has 0 aliphatic carbocycles. The van der Waals surface area contributed by atoms with E-state index in [4.69, 9.17) is 0 Å². The molecule has 0 saturated heterocycles. The predicted molar refractivity (Wildman–Crippen MR) is 76.2 cm³/mol. The fraction of sp³-hybridized carbons (Fsp3) is 0.625. The number of hydrogen-bond acceptors (Lipinski definition) is 1. The molecule has 0 aliphatic rings. The van der Waals surface area contributed by atoms with E-state index in [-0.39, 0.29) is 6.04 Å². The predicted octanol–water partition coefficient (Wildman–Crippen LogP) is 4.31. The molecule has 1 rings (SSSR count). The molecule has 1 N–H and O–H groups in total. The maximum Gasteiger partial charge on any atom is 0.162 e. The van der Waals surface area contributed by atoms with E-state index in [1.54, 1.807) is 12.1 Å². The molecule has 3 heteroatoms. The van der Waals surface area contributed by atoms with Gasteiger partial charge in [-0.2, -0.15) is 0 Å². The Morgan fingerprint density at radius 2 is 1.95 bits per heavy atom. The third-order valence-corrected chi connectivity index (χ3v) is 3.56. The Bertz CT molecular complexity index is 379. The lowest BCUT2D eigenvalue weighted by Crippen LogP contribution is -2.33. The third kappa shape index (κ3) is 5.27. The summed E-state index contributed by atoms with van der Waals surface area (Å²) in [6.45, 7) is 7.38.